The van der Waals surface area contributed by atoms with E-state index < -0.39 is 16.6 Å². The molecule has 8 nitrogen and oxygen atoms in total. The summed E-state index contributed by atoms with van der Waals surface area (Å²) in [6.45, 7) is 0.206. The van der Waals surface area contributed by atoms with E-state index >= 15 is 0 Å². The molecule has 5 rings (SSSR count). The number of aliphatic imine (C=N–C) groups is 1. The number of nitrogens with zero attached hydrogens (tertiary/aromatic N) is 1. The molecule has 1 heterocycles. The van der Waals surface area contributed by atoms with Gasteiger partial charge in [-0.1, -0.05) is 29.8 Å². The van der Waals surface area contributed by atoms with E-state index in [0.29, 0.717) is 36.2 Å². The van der Waals surface area contributed by atoms with E-state index in [2.05, 4.69) is 4.72 Å². The van der Waals surface area contributed by atoms with Gasteiger partial charge in [0.05, 0.1) is 23.8 Å². The number of carbonyl (C=O) groups is 1. The summed E-state index contributed by atoms with van der Waals surface area (Å²) in [4.78, 5) is 16.8. The lowest BCUT2D eigenvalue weighted by atomic mass is 9.74. The summed E-state index contributed by atoms with van der Waals surface area (Å²) >= 11 is 0. The SMILES string of the molecule is COc1cc2c(cc1OC(F)F)C1CC(OC(C)=O)CCC1N=C2c1ccc(NS(=O)(=O)c2ccc(C)cc2)cc1. The second-order valence-corrected chi connectivity index (χ2v) is 11.8. The summed E-state index contributed by atoms with van der Waals surface area (Å²) in [5, 5.41) is 0. The molecule has 0 spiro atoms. The molecule has 1 N–H and O–H groups in total. The van der Waals surface area contributed by atoms with Gasteiger partial charge >= 0.3 is 12.6 Å². The van der Waals surface area contributed by atoms with Gasteiger partial charge in [0.1, 0.15) is 6.10 Å². The highest BCUT2D eigenvalue weighted by Crippen LogP contribution is 2.45. The number of esters is 1. The highest BCUT2D eigenvalue weighted by Gasteiger charge is 2.39. The Bertz CT molecular complexity index is 1570. The van der Waals surface area contributed by atoms with Gasteiger partial charge < -0.3 is 14.2 Å². The van der Waals surface area contributed by atoms with Gasteiger partial charge in [-0.15, -0.1) is 0 Å². The molecule has 0 amide bonds. The largest absolute Gasteiger partial charge is 0.493 e. The van der Waals surface area contributed by atoms with Crippen molar-refractivity contribution in [2.45, 2.75) is 62.7 Å². The fraction of sp³-hybridized carbons (Fsp3) is 0.333. The number of methoxy groups -OCH3 is 1. The van der Waals surface area contributed by atoms with Crippen LogP contribution < -0.4 is 14.2 Å². The molecular formula is C30H30F2N2O6S. The van der Waals surface area contributed by atoms with E-state index in [1.807, 2.05) is 6.92 Å². The van der Waals surface area contributed by atoms with Crippen LogP contribution in [0, 0.1) is 6.92 Å². The van der Waals surface area contributed by atoms with E-state index in [1.54, 1.807) is 60.7 Å². The zero-order valence-electron chi connectivity index (χ0n) is 22.8. The molecule has 3 unspecified atom stereocenters. The van der Waals surface area contributed by atoms with Crippen molar-refractivity contribution in [2.24, 2.45) is 4.99 Å². The molecule has 0 saturated heterocycles. The standard InChI is InChI=1S/C30H30F2N2O6S/c1-17-4-11-22(12-5-17)41(36,37)34-20-8-6-19(7-9-20)29-25-16-27(38-3)28(40-30(31)32)15-23(25)24-14-21(39-18(2)35)10-13-26(24)33-29/h4-9,11-12,15-16,21,24,26,30,34H,10,13-14H2,1-3H3. The molecule has 0 bridgehead atoms. The summed E-state index contributed by atoms with van der Waals surface area (Å²) < 4.78 is 70.4. The minimum absolute atomic E-state index is 0.0864. The van der Waals surface area contributed by atoms with Crippen LogP contribution in [0.4, 0.5) is 14.5 Å². The van der Waals surface area contributed by atoms with Crippen molar-refractivity contribution >= 4 is 27.4 Å². The van der Waals surface area contributed by atoms with Crippen LogP contribution in [0.1, 0.15) is 54.4 Å². The van der Waals surface area contributed by atoms with Gasteiger partial charge in [0.15, 0.2) is 11.5 Å². The lowest BCUT2D eigenvalue weighted by molar-refractivity contribution is -0.148. The second-order valence-electron chi connectivity index (χ2n) is 10.2. The highest BCUT2D eigenvalue weighted by molar-refractivity contribution is 7.92. The fourth-order valence-electron chi connectivity index (χ4n) is 5.47. The van der Waals surface area contributed by atoms with Gasteiger partial charge in [0.2, 0.25) is 0 Å². The fourth-order valence-corrected chi connectivity index (χ4v) is 6.53. The molecule has 216 valence electrons. The Balaban J connectivity index is 1.50. The van der Waals surface area contributed by atoms with Crippen LogP contribution in [-0.2, 0) is 19.6 Å². The normalized spacial score (nSPS) is 20.0. The van der Waals surface area contributed by atoms with Crippen LogP contribution in [-0.4, -0.2) is 46.0 Å². The number of ether oxygens (including phenoxy) is 3. The van der Waals surface area contributed by atoms with Crippen LogP contribution in [0.15, 0.2) is 70.6 Å². The third kappa shape index (κ3) is 6.19. The maximum Gasteiger partial charge on any atom is 0.387 e. The average Bonchev–Trinajstić information content (AvgIpc) is 2.92. The monoisotopic (exact) mass is 584 g/mol. The molecule has 2 aliphatic rings. The molecule has 3 aromatic carbocycles. The van der Waals surface area contributed by atoms with Crippen molar-refractivity contribution in [1.82, 2.24) is 0 Å². The first kappa shape index (κ1) is 28.5. The first-order valence-corrected chi connectivity index (χ1v) is 14.6. The summed E-state index contributed by atoms with van der Waals surface area (Å²) in [7, 11) is -2.41. The number of alkyl halides is 2. The molecule has 41 heavy (non-hydrogen) atoms. The molecular weight excluding hydrogens is 554 g/mol. The molecule has 1 fully saturated rings. The lowest BCUT2D eigenvalue weighted by Gasteiger charge is -2.38. The van der Waals surface area contributed by atoms with Crippen molar-refractivity contribution in [3.63, 3.8) is 0 Å². The van der Waals surface area contributed by atoms with E-state index in [1.165, 1.54) is 14.0 Å². The predicted molar refractivity (Wildman–Crippen MR) is 150 cm³/mol. The third-order valence-corrected chi connectivity index (χ3v) is 8.74. The lowest BCUT2D eigenvalue weighted by Crippen LogP contribution is -2.36. The van der Waals surface area contributed by atoms with E-state index in [4.69, 9.17) is 19.2 Å². The van der Waals surface area contributed by atoms with Gasteiger partial charge in [-0.2, -0.15) is 8.78 Å². The van der Waals surface area contributed by atoms with E-state index in [0.717, 1.165) is 16.7 Å². The molecule has 1 aliphatic heterocycles. The van der Waals surface area contributed by atoms with Gasteiger partial charge in [-0.05, 0) is 68.1 Å². The molecule has 11 heteroatoms. The number of aryl methyl sites for hydroxylation is 1. The Kier molecular flexibility index (Phi) is 7.99. The molecule has 0 aromatic heterocycles. The number of rotatable bonds is 8. The number of sulfonamides is 1. The van der Waals surface area contributed by atoms with Crippen molar-refractivity contribution in [3.8, 4) is 11.5 Å². The van der Waals surface area contributed by atoms with Crippen LogP contribution in [0.25, 0.3) is 0 Å². The van der Waals surface area contributed by atoms with Crippen LogP contribution in [0.5, 0.6) is 11.5 Å². The third-order valence-electron chi connectivity index (χ3n) is 7.34. The summed E-state index contributed by atoms with van der Waals surface area (Å²) in [6, 6.07) is 16.4. The topological polar surface area (TPSA) is 103 Å². The number of nitrogens with one attached hydrogen (secondary N) is 1. The zero-order chi connectivity index (χ0) is 29.3. The number of fused-ring (bicyclic) bond motifs is 3. The molecule has 1 saturated carbocycles. The maximum atomic E-state index is 13.2. The molecule has 3 aromatic rings. The Labute approximate surface area is 237 Å². The second kappa shape index (κ2) is 11.5. The van der Waals surface area contributed by atoms with Gasteiger partial charge in [-0.25, -0.2) is 8.42 Å². The first-order chi connectivity index (χ1) is 19.5. The zero-order valence-corrected chi connectivity index (χ0v) is 23.6. The Hall–Kier alpha value is -3.99. The van der Waals surface area contributed by atoms with Crippen LogP contribution >= 0.6 is 0 Å². The maximum absolute atomic E-state index is 13.2. The van der Waals surface area contributed by atoms with Gasteiger partial charge in [0.25, 0.3) is 10.0 Å². The van der Waals surface area contributed by atoms with Crippen molar-refractivity contribution < 1.29 is 36.2 Å². The van der Waals surface area contributed by atoms with E-state index in [9.17, 15) is 22.0 Å². The molecule has 1 aliphatic carbocycles. The minimum atomic E-state index is -3.78. The number of anilines is 1. The van der Waals surface area contributed by atoms with Crippen LogP contribution in [0.3, 0.4) is 0 Å². The van der Waals surface area contributed by atoms with Crippen molar-refractivity contribution in [3.05, 3.63) is 82.9 Å². The Morgan fingerprint density at radius 2 is 1.73 bits per heavy atom. The van der Waals surface area contributed by atoms with Gasteiger partial charge in [-0.3, -0.25) is 14.5 Å². The Morgan fingerprint density at radius 1 is 1.02 bits per heavy atom. The quantitative estimate of drug-likeness (QED) is 0.335. The summed E-state index contributed by atoms with van der Waals surface area (Å²) in [5.74, 6) is -0.511. The Morgan fingerprint density at radius 3 is 2.37 bits per heavy atom. The number of carbonyl (C=O) groups excluding carboxylic acids is 1. The minimum Gasteiger partial charge on any atom is -0.493 e. The number of benzene rings is 3. The van der Waals surface area contributed by atoms with E-state index in [-0.39, 0.29) is 40.4 Å². The van der Waals surface area contributed by atoms with Crippen molar-refractivity contribution in [2.75, 3.05) is 11.8 Å². The van der Waals surface area contributed by atoms with Crippen LogP contribution in [0.2, 0.25) is 0 Å². The number of halogens is 2. The first-order valence-electron chi connectivity index (χ1n) is 13.2. The number of hydrogen-bond acceptors (Lipinski definition) is 7. The predicted octanol–water partition coefficient (Wildman–Crippen LogP) is 5.82. The molecule has 0 radical (unpaired) electrons. The molecule has 3 atom stereocenters. The average molecular weight is 585 g/mol. The smallest absolute Gasteiger partial charge is 0.387 e. The van der Waals surface area contributed by atoms with Crippen molar-refractivity contribution in [1.29, 1.82) is 0 Å². The highest BCUT2D eigenvalue weighted by atomic mass is 32.2. The summed E-state index contributed by atoms with van der Waals surface area (Å²) in [6.07, 6.45) is 1.45. The van der Waals surface area contributed by atoms with Gasteiger partial charge in [0, 0.05) is 29.7 Å². The number of hydrogen-bond donors (Lipinski definition) is 1. The summed E-state index contributed by atoms with van der Waals surface area (Å²) in [5.41, 5.74) is 4.10.